The average Bonchev–Trinajstić information content (AvgIpc) is 3.37. The minimum Gasteiger partial charge on any atom is -0.346 e. The van der Waals surface area contributed by atoms with Gasteiger partial charge in [0.1, 0.15) is 17.0 Å². The summed E-state index contributed by atoms with van der Waals surface area (Å²) in [5.74, 6) is -0.446. The molecule has 0 saturated carbocycles. The lowest BCUT2D eigenvalue weighted by atomic mass is 10.1. The van der Waals surface area contributed by atoms with Gasteiger partial charge in [-0.05, 0) is 37.6 Å². The second kappa shape index (κ2) is 7.39. The first-order valence-electron chi connectivity index (χ1n) is 10.2. The van der Waals surface area contributed by atoms with Crippen LogP contribution in [0.5, 0.6) is 0 Å². The van der Waals surface area contributed by atoms with Crippen LogP contribution in [-0.2, 0) is 6.54 Å². The molecule has 8 heteroatoms. The van der Waals surface area contributed by atoms with Crippen molar-refractivity contribution in [3.8, 4) is 0 Å². The number of carbonyl (C=O) groups excluding carboxylic acids is 2. The highest BCUT2D eigenvalue weighted by atomic mass is 16.2. The third kappa shape index (κ3) is 3.46. The maximum atomic E-state index is 12.8. The quantitative estimate of drug-likeness (QED) is 0.536. The standard InChI is InChI=1S/C23H22N6O2/c1-14-15(2)29-20(23(31)25-14)10-17-8-9-19(27-21(17)29)22(30)26-18-11-24-28(13-18)12-16-6-4-3-5-7-16/h3-11,13-15H,12H2,1-2H3,(H,25,31)(H,26,30)/t14-,15+/m1/s1. The van der Waals surface area contributed by atoms with Gasteiger partial charge in [0.2, 0.25) is 0 Å². The molecule has 4 heterocycles. The zero-order valence-corrected chi connectivity index (χ0v) is 17.2. The summed E-state index contributed by atoms with van der Waals surface area (Å²) in [5, 5.41) is 11.0. The minimum atomic E-state index is -0.322. The summed E-state index contributed by atoms with van der Waals surface area (Å²) in [6, 6.07) is 15.3. The average molecular weight is 414 g/mol. The molecule has 8 nitrogen and oxygen atoms in total. The predicted molar refractivity (Wildman–Crippen MR) is 117 cm³/mol. The molecule has 2 N–H and O–H groups in total. The van der Waals surface area contributed by atoms with Crippen LogP contribution < -0.4 is 10.6 Å². The molecule has 0 spiro atoms. The van der Waals surface area contributed by atoms with E-state index in [0.29, 0.717) is 23.6 Å². The molecule has 156 valence electrons. The van der Waals surface area contributed by atoms with Gasteiger partial charge in [0.05, 0.1) is 24.5 Å². The first-order chi connectivity index (χ1) is 15.0. The number of nitrogens with one attached hydrogen (secondary N) is 2. The molecule has 1 aliphatic heterocycles. The number of hydrogen-bond acceptors (Lipinski definition) is 4. The van der Waals surface area contributed by atoms with Crippen LogP contribution in [0.25, 0.3) is 11.0 Å². The SMILES string of the molecule is C[C@H]1NC(=O)c2cc3ccc(C(=O)Nc4cnn(Cc5ccccc5)c4)nc3n2[C@H]1C. The lowest BCUT2D eigenvalue weighted by Crippen LogP contribution is -2.44. The molecule has 5 rings (SSSR count). The summed E-state index contributed by atoms with van der Waals surface area (Å²) in [6.45, 7) is 4.61. The van der Waals surface area contributed by atoms with Crippen LogP contribution in [0, 0.1) is 0 Å². The summed E-state index contributed by atoms with van der Waals surface area (Å²) in [5.41, 5.74) is 3.21. The number of hydrogen-bond donors (Lipinski definition) is 2. The lowest BCUT2D eigenvalue weighted by molar-refractivity contribution is 0.0891. The highest BCUT2D eigenvalue weighted by Crippen LogP contribution is 2.28. The van der Waals surface area contributed by atoms with Gasteiger partial charge in [0.15, 0.2) is 0 Å². The third-order valence-electron chi connectivity index (χ3n) is 5.72. The first kappa shape index (κ1) is 19.0. The fourth-order valence-corrected chi connectivity index (χ4v) is 3.91. The van der Waals surface area contributed by atoms with E-state index in [9.17, 15) is 9.59 Å². The number of rotatable bonds is 4. The molecule has 0 fully saturated rings. The van der Waals surface area contributed by atoms with Gasteiger partial charge in [0.25, 0.3) is 11.8 Å². The maximum Gasteiger partial charge on any atom is 0.274 e. The van der Waals surface area contributed by atoms with Crippen molar-refractivity contribution in [2.75, 3.05) is 5.32 Å². The number of fused-ring (bicyclic) bond motifs is 3. The monoisotopic (exact) mass is 414 g/mol. The Bertz CT molecular complexity index is 1290. The Hall–Kier alpha value is -3.94. The van der Waals surface area contributed by atoms with Crippen molar-refractivity contribution in [2.24, 2.45) is 0 Å². The fraction of sp³-hybridized carbons (Fsp3) is 0.217. The smallest absolute Gasteiger partial charge is 0.274 e. The molecule has 4 aromatic rings. The van der Waals surface area contributed by atoms with E-state index in [0.717, 1.165) is 10.9 Å². The Kier molecular flexibility index (Phi) is 4.54. The van der Waals surface area contributed by atoms with E-state index in [1.54, 1.807) is 23.1 Å². The van der Waals surface area contributed by atoms with Crippen molar-refractivity contribution < 1.29 is 9.59 Å². The van der Waals surface area contributed by atoms with Gasteiger partial charge in [-0.25, -0.2) is 4.98 Å². The number of aromatic nitrogens is 4. The Morgan fingerprint density at radius 3 is 2.77 bits per heavy atom. The molecule has 0 saturated heterocycles. The summed E-state index contributed by atoms with van der Waals surface area (Å²) < 4.78 is 3.68. The largest absolute Gasteiger partial charge is 0.346 e. The number of anilines is 1. The van der Waals surface area contributed by atoms with Crippen molar-refractivity contribution in [3.63, 3.8) is 0 Å². The maximum absolute atomic E-state index is 12.8. The van der Waals surface area contributed by atoms with Crippen LogP contribution in [0.4, 0.5) is 5.69 Å². The summed E-state index contributed by atoms with van der Waals surface area (Å²) >= 11 is 0. The second-order valence-electron chi connectivity index (χ2n) is 7.88. The molecule has 1 aliphatic rings. The topological polar surface area (TPSA) is 93.8 Å². The van der Waals surface area contributed by atoms with Crippen LogP contribution in [-0.4, -0.2) is 37.2 Å². The molecule has 0 aliphatic carbocycles. The first-order valence-corrected chi connectivity index (χ1v) is 10.2. The van der Waals surface area contributed by atoms with Crippen LogP contribution in [0.2, 0.25) is 0 Å². The summed E-state index contributed by atoms with van der Waals surface area (Å²) in [7, 11) is 0. The summed E-state index contributed by atoms with van der Waals surface area (Å²) in [4.78, 5) is 29.8. The van der Waals surface area contributed by atoms with Crippen molar-refractivity contribution >= 4 is 28.5 Å². The zero-order chi connectivity index (χ0) is 21.5. The van der Waals surface area contributed by atoms with Crippen molar-refractivity contribution in [3.05, 3.63) is 77.9 Å². The van der Waals surface area contributed by atoms with E-state index in [1.807, 2.05) is 60.9 Å². The van der Waals surface area contributed by atoms with E-state index in [-0.39, 0.29) is 29.6 Å². The minimum absolute atomic E-state index is 0.0228. The van der Waals surface area contributed by atoms with E-state index in [2.05, 4.69) is 20.7 Å². The number of carbonyl (C=O) groups is 2. The van der Waals surface area contributed by atoms with Gasteiger partial charge < -0.3 is 15.2 Å². The third-order valence-corrected chi connectivity index (χ3v) is 5.72. The number of pyridine rings is 1. The number of nitrogens with zero attached hydrogens (tertiary/aromatic N) is 4. The highest BCUT2D eigenvalue weighted by Gasteiger charge is 2.30. The normalized spacial score (nSPS) is 17.9. The van der Waals surface area contributed by atoms with Crippen LogP contribution in [0.1, 0.15) is 46.4 Å². The van der Waals surface area contributed by atoms with Gasteiger partial charge in [-0.15, -0.1) is 0 Å². The van der Waals surface area contributed by atoms with E-state index >= 15 is 0 Å². The van der Waals surface area contributed by atoms with Crippen LogP contribution in [0.15, 0.2) is 60.9 Å². The Balaban J connectivity index is 1.39. The number of benzene rings is 1. The lowest BCUT2D eigenvalue weighted by Gasteiger charge is -2.29. The molecule has 2 amide bonds. The van der Waals surface area contributed by atoms with Crippen LogP contribution in [0.3, 0.4) is 0 Å². The molecular formula is C23H22N6O2. The Morgan fingerprint density at radius 1 is 1.16 bits per heavy atom. The Labute approximate surface area is 178 Å². The Morgan fingerprint density at radius 2 is 1.97 bits per heavy atom. The zero-order valence-electron chi connectivity index (χ0n) is 17.2. The highest BCUT2D eigenvalue weighted by molar-refractivity contribution is 6.05. The van der Waals surface area contributed by atoms with Gasteiger partial charge in [-0.2, -0.15) is 5.10 Å². The number of amides is 2. The van der Waals surface area contributed by atoms with E-state index in [1.165, 1.54) is 0 Å². The van der Waals surface area contributed by atoms with Crippen molar-refractivity contribution in [2.45, 2.75) is 32.5 Å². The molecule has 2 atom stereocenters. The molecule has 31 heavy (non-hydrogen) atoms. The molecular weight excluding hydrogens is 392 g/mol. The fourth-order valence-electron chi connectivity index (χ4n) is 3.91. The van der Waals surface area contributed by atoms with Gasteiger partial charge in [-0.1, -0.05) is 30.3 Å². The molecule has 0 unspecified atom stereocenters. The second-order valence-corrected chi connectivity index (χ2v) is 7.88. The van der Waals surface area contributed by atoms with Crippen LogP contribution >= 0.6 is 0 Å². The molecule has 0 bridgehead atoms. The summed E-state index contributed by atoms with van der Waals surface area (Å²) in [6.07, 6.45) is 3.41. The molecule has 3 aromatic heterocycles. The van der Waals surface area contributed by atoms with E-state index < -0.39 is 0 Å². The van der Waals surface area contributed by atoms with Gasteiger partial charge in [0, 0.05) is 17.6 Å². The van der Waals surface area contributed by atoms with E-state index in [4.69, 9.17) is 0 Å². The predicted octanol–water partition coefficient (Wildman–Crippen LogP) is 3.23. The van der Waals surface area contributed by atoms with Crippen molar-refractivity contribution in [1.82, 2.24) is 24.6 Å². The molecule has 1 aromatic carbocycles. The molecule has 0 radical (unpaired) electrons. The van der Waals surface area contributed by atoms with Crippen molar-refractivity contribution in [1.29, 1.82) is 0 Å². The van der Waals surface area contributed by atoms with Gasteiger partial charge in [-0.3, -0.25) is 14.3 Å². The van der Waals surface area contributed by atoms with Gasteiger partial charge >= 0.3 is 0 Å².